The lowest BCUT2D eigenvalue weighted by Gasteiger charge is -2.15. The number of hydrogen-bond acceptors (Lipinski definition) is 3. The smallest absolute Gasteiger partial charge is 0.328 e. The van der Waals surface area contributed by atoms with Crippen LogP contribution >= 0.6 is 0 Å². The van der Waals surface area contributed by atoms with Gasteiger partial charge in [-0.1, -0.05) is 36.4 Å². The van der Waals surface area contributed by atoms with Crippen molar-refractivity contribution in [3.8, 4) is 0 Å². The Morgan fingerprint density at radius 1 is 0.957 bits per heavy atom. The molecule has 1 N–H and O–H groups in total. The van der Waals surface area contributed by atoms with Gasteiger partial charge in [-0.05, 0) is 29.3 Å². The van der Waals surface area contributed by atoms with Crippen LogP contribution in [0.1, 0.15) is 31.8 Å². The number of imide groups is 1. The van der Waals surface area contributed by atoms with Crippen molar-refractivity contribution in [3.63, 3.8) is 0 Å². The Hall–Kier alpha value is -3.21. The Morgan fingerprint density at radius 2 is 1.52 bits per heavy atom. The number of amides is 2. The van der Waals surface area contributed by atoms with Gasteiger partial charge in [-0.15, -0.1) is 0 Å². The third kappa shape index (κ3) is 2.76. The highest BCUT2D eigenvalue weighted by molar-refractivity contribution is 6.21. The van der Waals surface area contributed by atoms with Gasteiger partial charge in [0.2, 0.25) is 0 Å². The first-order chi connectivity index (χ1) is 11.1. The van der Waals surface area contributed by atoms with Gasteiger partial charge in [0.25, 0.3) is 11.8 Å². The van der Waals surface area contributed by atoms with Crippen molar-refractivity contribution in [2.24, 2.45) is 0 Å². The van der Waals surface area contributed by atoms with E-state index in [2.05, 4.69) is 0 Å². The molecule has 0 atom stereocenters. The average molecular weight is 307 g/mol. The SMILES string of the molecule is O=C(O)C=Cc1ccccc1CN1C(=O)c2ccccc2C1=O. The number of carbonyl (C=O) groups excluding carboxylic acids is 2. The lowest BCUT2D eigenvalue weighted by Crippen LogP contribution is -2.29. The molecule has 2 aromatic carbocycles. The van der Waals surface area contributed by atoms with E-state index in [9.17, 15) is 14.4 Å². The van der Waals surface area contributed by atoms with Crippen LogP contribution < -0.4 is 0 Å². The Labute approximate surface area is 132 Å². The molecule has 0 saturated heterocycles. The van der Waals surface area contributed by atoms with Crippen molar-refractivity contribution in [2.75, 3.05) is 0 Å². The van der Waals surface area contributed by atoms with E-state index in [1.54, 1.807) is 48.5 Å². The van der Waals surface area contributed by atoms with Crippen LogP contribution in [0.4, 0.5) is 0 Å². The molecule has 5 heteroatoms. The molecule has 0 spiro atoms. The minimum absolute atomic E-state index is 0.104. The van der Waals surface area contributed by atoms with Gasteiger partial charge < -0.3 is 5.11 Å². The second-order valence-corrected chi connectivity index (χ2v) is 5.11. The zero-order valence-electron chi connectivity index (χ0n) is 12.1. The summed E-state index contributed by atoms with van der Waals surface area (Å²) in [6, 6.07) is 13.8. The van der Waals surface area contributed by atoms with E-state index in [0.29, 0.717) is 22.3 Å². The first-order valence-corrected chi connectivity index (χ1v) is 7.02. The van der Waals surface area contributed by atoms with E-state index < -0.39 is 5.97 Å². The molecule has 0 aromatic heterocycles. The summed E-state index contributed by atoms with van der Waals surface area (Å²) < 4.78 is 0. The number of hydrogen-bond donors (Lipinski definition) is 1. The summed E-state index contributed by atoms with van der Waals surface area (Å²) in [5, 5.41) is 8.75. The molecule has 0 bridgehead atoms. The van der Waals surface area contributed by atoms with Crippen molar-refractivity contribution in [1.29, 1.82) is 0 Å². The van der Waals surface area contributed by atoms with E-state index in [0.717, 1.165) is 6.08 Å². The molecule has 2 aromatic rings. The zero-order valence-corrected chi connectivity index (χ0v) is 12.1. The molecule has 23 heavy (non-hydrogen) atoms. The largest absolute Gasteiger partial charge is 0.478 e. The van der Waals surface area contributed by atoms with Crippen LogP contribution in [-0.4, -0.2) is 27.8 Å². The second kappa shape index (κ2) is 5.88. The molecular formula is C18H13NO4. The highest BCUT2D eigenvalue weighted by Gasteiger charge is 2.35. The molecule has 0 unspecified atom stereocenters. The standard InChI is InChI=1S/C18H13NO4/c20-16(21)10-9-12-5-1-2-6-13(12)11-19-17(22)14-7-3-4-8-15(14)18(19)23/h1-10H,11H2,(H,20,21). The maximum atomic E-state index is 12.4. The highest BCUT2D eigenvalue weighted by Crippen LogP contribution is 2.25. The van der Waals surface area contributed by atoms with E-state index in [1.165, 1.54) is 11.0 Å². The van der Waals surface area contributed by atoms with E-state index in [1.807, 2.05) is 0 Å². The first kappa shape index (κ1) is 14.7. The summed E-state index contributed by atoms with van der Waals surface area (Å²) in [4.78, 5) is 36.6. The normalized spacial score (nSPS) is 13.7. The molecule has 0 saturated carbocycles. The Morgan fingerprint density at radius 3 is 2.13 bits per heavy atom. The molecular weight excluding hydrogens is 294 g/mol. The predicted octanol–water partition coefficient (Wildman–Crippen LogP) is 2.58. The number of carbonyl (C=O) groups is 3. The molecule has 0 radical (unpaired) electrons. The topological polar surface area (TPSA) is 74.7 Å². The Bertz CT molecular complexity index is 803. The summed E-state index contributed by atoms with van der Waals surface area (Å²) in [5.41, 5.74) is 2.16. The number of rotatable bonds is 4. The summed E-state index contributed by atoms with van der Waals surface area (Å²) in [6.45, 7) is 0.104. The second-order valence-electron chi connectivity index (χ2n) is 5.11. The van der Waals surface area contributed by atoms with Gasteiger partial charge in [0.15, 0.2) is 0 Å². The van der Waals surface area contributed by atoms with E-state index in [-0.39, 0.29) is 18.4 Å². The molecule has 3 rings (SSSR count). The van der Waals surface area contributed by atoms with Gasteiger partial charge in [-0.25, -0.2) is 4.79 Å². The number of benzene rings is 2. The predicted molar refractivity (Wildman–Crippen MR) is 83.8 cm³/mol. The van der Waals surface area contributed by atoms with Gasteiger partial charge in [-0.2, -0.15) is 0 Å². The number of aliphatic carboxylic acids is 1. The molecule has 1 aliphatic heterocycles. The molecule has 1 heterocycles. The van der Waals surface area contributed by atoms with Crippen LogP contribution in [0.25, 0.3) is 6.08 Å². The summed E-state index contributed by atoms with van der Waals surface area (Å²) in [7, 11) is 0. The number of carboxylic acids is 1. The van der Waals surface area contributed by atoms with Crippen LogP contribution in [-0.2, 0) is 11.3 Å². The molecule has 1 aliphatic rings. The van der Waals surface area contributed by atoms with Crippen molar-refractivity contribution in [3.05, 3.63) is 76.9 Å². The average Bonchev–Trinajstić information content (AvgIpc) is 2.79. The van der Waals surface area contributed by atoms with Crippen LogP contribution in [0.5, 0.6) is 0 Å². The summed E-state index contributed by atoms with van der Waals surface area (Å²) >= 11 is 0. The minimum Gasteiger partial charge on any atom is -0.478 e. The number of nitrogens with zero attached hydrogens (tertiary/aromatic N) is 1. The molecule has 0 aliphatic carbocycles. The molecule has 0 fully saturated rings. The minimum atomic E-state index is -1.06. The first-order valence-electron chi connectivity index (χ1n) is 7.02. The summed E-state index contributed by atoms with van der Waals surface area (Å²) in [6.07, 6.45) is 2.48. The van der Waals surface area contributed by atoms with Gasteiger partial charge in [0.1, 0.15) is 0 Å². The number of carboxylic acid groups (broad SMARTS) is 1. The lowest BCUT2D eigenvalue weighted by molar-refractivity contribution is -0.131. The maximum absolute atomic E-state index is 12.4. The number of fused-ring (bicyclic) bond motifs is 1. The fourth-order valence-electron chi connectivity index (χ4n) is 2.55. The zero-order chi connectivity index (χ0) is 16.4. The third-order valence-electron chi connectivity index (χ3n) is 3.67. The summed E-state index contributed by atoms with van der Waals surface area (Å²) in [5.74, 6) is -1.72. The van der Waals surface area contributed by atoms with Crippen molar-refractivity contribution in [2.45, 2.75) is 6.54 Å². The molecule has 2 amide bonds. The van der Waals surface area contributed by atoms with Crippen molar-refractivity contribution in [1.82, 2.24) is 4.90 Å². The van der Waals surface area contributed by atoms with Gasteiger partial charge in [-0.3, -0.25) is 14.5 Å². The van der Waals surface area contributed by atoms with E-state index >= 15 is 0 Å². The fraction of sp³-hybridized carbons (Fsp3) is 0.0556. The lowest BCUT2D eigenvalue weighted by atomic mass is 10.1. The molecule has 5 nitrogen and oxygen atoms in total. The third-order valence-corrected chi connectivity index (χ3v) is 3.67. The van der Waals surface area contributed by atoms with Crippen LogP contribution in [0.2, 0.25) is 0 Å². The quantitative estimate of drug-likeness (QED) is 0.696. The van der Waals surface area contributed by atoms with Crippen LogP contribution in [0.15, 0.2) is 54.6 Å². The molecule has 114 valence electrons. The van der Waals surface area contributed by atoms with Gasteiger partial charge >= 0.3 is 5.97 Å². The Balaban J connectivity index is 1.91. The Kier molecular flexibility index (Phi) is 3.76. The highest BCUT2D eigenvalue weighted by atomic mass is 16.4. The van der Waals surface area contributed by atoms with Crippen molar-refractivity contribution < 1.29 is 19.5 Å². The van der Waals surface area contributed by atoms with Crippen LogP contribution in [0.3, 0.4) is 0 Å². The maximum Gasteiger partial charge on any atom is 0.328 e. The van der Waals surface area contributed by atoms with Crippen LogP contribution in [0, 0.1) is 0 Å². The van der Waals surface area contributed by atoms with Gasteiger partial charge in [0.05, 0.1) is 17.7 Å². The fourth-order valence-corrected chi connectivity index (χ4v) is 2.55. The monoisotopic (exact) mass is 307 g/mol. The van der Waals surface area contributed by atoms with E-state index in [4.69, 9.17) is 5.11 Å². The van der Waals surface area contributed by atoms with Gasteiger partial charge in [0, 0.05) is 6.08 Å². The van der Waals surface area contributed by atoms with Crippen molar-refractivity contribution >= 4 is 23.9 Å².